The molecule has 0 radical (unpaired) electrons. The molecule has 3 aromatic rings. The van der Waals surface area contributed by atoms with E-state index >= 15 is 0 Å². The summed E-state index contributed by atoms with van der Waals surface area (Å²) in [5.41, 5.74) is 3.27. The van der Waals surface area contributed by atoms with Crippen LogP contribution in [0.4, 0.5) is 11.4 Å². The van der Waals surface area contributed by atoms with Gasteiger partial charge in [-0.2, -0.15) is 0 Å². The van der Waals surface area contributed by atoms with Gasteiger partial charge < -0.3 is 19.1 Å². The van der Waals surface area contributed by atoms with E-state index in [9.17, 15) is 4.79 Å². The first-order valence-electron chi connectivity index (χ1n) is 9.74. The fourth-order valence-electron chi connectivity index (χ4n) is 3.21. The lowest BCUT2D eigenvalue weighted by atomic mass is 10.1. The zero-order valence-corrected chi connectivity index (χ0v) is 17.0. The number of ether oxygens (including phenoxy) is 1. The molecule has 6 nitrogen and oxygen atoms in total. The molecule has 4 rings (SSSR count). The highest BCUT2D eigenvalue weighted by atomic mass is 16.5. The van der Waals surface area contributed by atoms with Crippen LogP contribution in [0.1, 0.15) is 40.6 Å². The van der Waals surface area contributed by atoms with Crippen molar-refractivity contribution in [1.82, 2.24) is 5.16 Å². The average Bonchev–Trinajstić information content (AvgIpc) is 3.48. The first kappa shape index (κ1) is 19.1. The molecule has 0 N–H and O–H groups in total. The molecule has 0 spiro atoms. The number of aromatic nitrogens is 1. The second-order valence-electron chi connectivity index (χ2n) is 7.54. The maximum absolute atomic E-state index is 13.3. The van der Waals surface area contributed by atoms with Crippen LogP contribution in [0.15, 0.2) is 59.1 Å². The Morgan fingerprint density at radius 1 is 1.07 bits per heavy atom. The summed E-state index contributed by atoms with van der Waals surface area (Å²) in [5, 5.41) is 4.04. The van der Waals surface area contributed by atoms with E-state index in [-0.39, 0.29) is 5.91 Å². The summed E-state index contributed by atoms with van der Waals surface area (Å²) in [6.07, 6.45) is 2.20. The highest BCUT2D eigenvalue weighted by Crippen LogP contribution is 2.40. The number of rotatable bonds is 7. The molecule has 1 aromatic heterocycles. The van der Waals surface area contributed by atoms with Crippen LogP contribution >= 0.6 is 0 Å². The Bertz CT molecular complexity index is 973. The minimum Gasteiger partial charge on any atom is -0.497 e. The maximum atomic E-state index is 13.3. The van der Waals surface area contributed by atoms with Gasteiger partial charge in [-0.25, -0.2) is 0 Å². The van der Waals surface area contributed by atoms with Crippen LogP contribution in [-0.2, 0) is 6.54 Å². The molecule has 1 aliphatic carbocycles. The third kappa shape index (κ3) is 4.26. The van der Waals surface area contributed by atoms with Crippen molar-refractivity contribution in [3.05, 3.63) is 71.6 Å². The van der Waals surface area contributed by atoms with Gasteiger partial charge in [0.05, 0.1) is 13.7 Å². The minimum absolute atomic E-state index is 0.178. The van der Waals surface area contributed by atoms with E-state index in [0.717, 1.165) is 41.3 Å². The first-order chi connectivity index (χ1) is 14.0. The summed E-state index contributed by atoms with van der Waals surface area (Å²) in [7, 11) is 5.63. The molecule has 0 aliphatic heterocycles. The number of amides is 1. The fourth-order valence-corrected chi connectivity index (χ4v) is 3.21. The smallest absolute Gasteiger partial charge is 0.280 e. The lowest BCUT2D eigenvalue weighted by Gasteiger charge is -2.23. The van der Waals surface area contributed by atoms with E-state index in [0.29, 0.717) is 18.2 Å². The van der Waals surface area contributed by atoms with Gasteiger partial charge in [0.1, 0.15) is 11.5 Å². The molecule has 0 bridgehead atoms. The molecule has 0 atom stereocenters. The molecular formula is C23H25N3O3. The zero-order chi connectivity index (χ0) is 20.4. The van der Waals surface area contributed by atoms with Gasteiger partial charge in [-0.3, -0.25) is 4.79 Å². The number of anilines is 2. The Balaban J connectivity index is 1.62. The number of carbonyl (C=O) groups is 1. The Labute approximate surface area is 170 Å². The minimum atomic E-state index is -0.178. The normalized spacial score (nSPS) is 13.2. The van der Waals surface area contributed by atoms with Crippen molar-refractivity contribution in [3.63, 3.8) is 0 Å². The lowest BCUT2D eigenvalue weighted by molar-refractivity contribution is 0.0976. The van der Waals surface area contributed by atoms with Crippen molar-refractivity contribution in [1.29, 1.82) is 0 Å². The van der Waals surface area contributed by atoms with E-state index in [4.69, 9.17) is 9.26 Å². The number of methoxy groups -OCH3 is 1. The summed E-state index contributed by atoms with van der Waals surface area (Å²) in [4.78, 5) is 17.1. The fraction of sp³-hybridized carbons (Fsp3) is 0.304. The largest absolute Gasteiger partial charge is 0.497 e. The SMILES string of the molecule is COc1ccc(N(Cc2ccc(N(C)C)cc2)C(=O)c2cc(C3CC3)on2)cc1. The first-order valence-corrected chi connectivity index (χ1v) is 9.74. The standard InChI is InChI=1S/C23H25N3O3/c1-25(2)18-8-4-16(5-9-18)15-26(19-10-12-20(28-3)13-11-19)23(27)21-14-22(29-24-21)17-6-7-17/h4-5,8-14,17H,6-7,15H2,1-3H3. The third-order valence-electron chi connectivity index (χ3n) is 5.15. The molecule has 29 heavy (non-hydrogen) atoms. The molecule has 2 aromatic carbocycles. The van der Waals surface area contributed by atoms with Gasteiger partial charge in [0, 0.05) is 37.5 Å². The highest BCUT2D eigenvalue weighted by Gasteiger charge is 2.30. The quantitative estimate of drug-likeness (QED) is 0.595. The van der Waals surface area contributed by atoms with E-state index in [1.165, 1.54) is 0 Å². The molecular weight excluding hydrogens is 366 g/mol. The van der Waals surface area contributed by atoms with Gasteiger partial charge in [0.15, 0.2) is 5.69 Å². The summed E-state index contributed by atoms with van der Waals surface area (Å²) in [6, 6.07) is 17.4. The molecule has 1 aliphatic rings. The van der Waals surface area contributed by atoms with E-state index in [2.05, 4.69) is 5.16 Å². The molecule has 1 heterocycles. The Kier molecular flexibility index (Phi) is 5.25. The molecule has 1 fully saturated rings. The number of benzene rings is 2. The van der Waals surface area contributed by atoms with Crippen LogP contribution in [0, 0.1) is 0 Å². The van der Waals surface area contributed by atoms with Crippen molar-refractivity contribution in [3.8, 4) is 5.75 Å². The van der Waals surface area contributed by atoms with Gasteiger partial charge in [-0.05, 0) is 54.8 Å². The van der Waals surface area contributed by atoms with Crippen LogP contribution in [0.3, 0.4) is 0 Å². The third-order valence-corrected chi connectivity index (χ3v) is 5.15. The van der Waals surface area contributed by atoms with Gasteiger partial charge in [-0.15, -0.1) is 0 Å². The number of carbonyl (C=O) groups excluding carboxylic acids is 1. The lowest BCUT2D eigenvalue weighted by Crippen LogP contribution is -2.30. The molecule has 6 heteroatoms. The van der Waals surface area contributed by atoms with Crippen molar-refractivity contribution < 1.29 is 14.1 Å². The van der Waals surface area contributed by atoms with Crippen LogP contribution in [0.25, 0.3) is 0 Å². The number of nitrogens with zero attached hydrogens (tertiary/aromatic N) is 3. The van der Waals surface area contributed by atoms with E-state index in [1.54, 1.807) is 18.1 Å². The van der Waals surface area contributed by atoms with Crippen LogP contribution in [0.5, 0.6) is 5.75 Å². The van der Waals surface area contributed by atoms with Crippen molar-refractivity contribution in [2.24, 2.45) is 0 Å². The van der Waals surface area contributed by atoms with Crippen molar-refractivity contribution in [2.75, 3.05) is 31.0 Å². The molecule has 0 unspecified atom stereocenters. The average molecular weight is 391 g/mol. The summed E-state index contributed by atoms with van der Waals surface area (Å²) in [6.45, 7) is 0.435. The highest BCUT2D eigenvalue weighted by molar-refractivity contribution is 6.04. The van der Waals surface area contributed by atoms with Crippen molar-refractivity contribution in [2.45, 2.75) is 25.3 Å². The second kappa shape index (κ2) is 7.99. The maximum Gasteiger partial charge on any atom is 0.280 e. The molecule has 0 saturated heterocycles. The van der Waals surface area contributed by atoms with Gasteiger partial charge in [0.25, 0.3) is 5.91 Å². The van der Waals surface area contributed by atoms with Crippen molar-refractivity contribution >= 4 is 17.3 Å². The van der Waals surface area contributed by atoms with Crippen LogP contribution in [0.2, 0.25) is 0 Å². The topological polar surface area (TPSA) is 58.8 Å². The summed E-state index contributed by atoms with van der Waals surface area (Å²) in [5.74, 6) is 1.78. The predicted octanol–water partition coefficient (Wildman–Crippen LogP) is 4.47. The monoisotopic (exact) mass is 391 g/mol. The summed E-state index contributed by atoms with van der Waals surface area (Å²) < 4.78 is 10.7. The molecule has 150 valence electrons. The zero-order valence-electron chi connectivity index (χ0n) is 17.0. The second-order valence-corrected chi connectivity index (χ2v) is 7.54. The Morgan fingerprint density at radius 2 is 1.72 bits per heavy atom. The molecule has 1 saturated carbocycles. The molecule has 1 amide bonds. The van der Waals surface area contributed by atoms with E-state index < -0.39 is 0 Å². The van der Waals surface area contributed by atoms with Crippen LogP contribution < -0.4 is 14.5 Å². The van der Waals surface area contributed by atoms with Gasteiger partial charge in [-0.1, -0.05) is 17.3 Å². The summed E-state index contributed by atoms with van der Waals surface area (Å²) >= 11 is 0. The van der Waals surface area contributed by atoms with Crippen LogP contribution in [-0.4, -0.2) is 32.3 Å². The van der Waals surface area contributed by atoms with Gasteiger partial charge >= 0.3 is 0 Å². The number of hydrogen-bond acceptors (Lipinski definition) is 5. The van der Waals surface area contributed by atoms with E-state index in [1.807, 2.05) is 67.5 Å². The number of hydrogen-bond donors (Lipinski definition) is 0. The Morgan fingerprint density at radius 3 is 2.31 bits per heavy atom. The van der Waals surface area contributed by atoms with Gasteiger partial charge in [0.2, 0.25) is 0 Å². The predicted molar refractivity (Wildman–Crippen MR) is 113 cm³/mol. The Hall–Kier alpha value is -3.28.